The van der Waals surface area contributed by atoms with Crippen molar-refractivity contribution < 1.29 is 9.85 Å². The lowest BCUT2D eigenvalue weighted by Gasteiger charge is -2.02. The van der Waals surface area contributed by atoms with Crippen LogP contribution in [-0.2, 0) is 6.42 Å². The molecule has 11 heteroatoms. The highest BCUT2D eigenvalue weighted by atomic mass is 32.1. The van der Waals surface area contributed by atoms with E-state index in [1.807, 2.05) is 12.1 Å². The fourth-order valence-corrected chi connectivity index (χ4v) is 2.75. The highest BCUT2D eigenvalue weighted by molar-refractivity contribution is 7.19. The summed E-state index contributed by atoms with van der Waals surface area (Å²) in [6, 6.07) is 10.1. The van der Waals surface area contributed by atoms with Gasteiger partial charge in [0.2, 0.25) is 5.00 Å². The highest BCUT2D eigenvalue weighted by Gasteiger charge is 2.25. The van der Waals surface area contributed by atoms with Gasteiger partial charge in [-0.25, -0.2) is 0 Å². The van der Waals surface area contributed by atoms with Gasteiger partial charge in [-0.3, -0.25) is 20.2 Å². The quantitative estimate of drug-likeness (QED) is 0.303. The number of nitriles is 1. The van der Waals surface area contributed by atoms with Crippen LogP contribution in [0, 0.1) is 31.6 Å². The molecule has 0 bridgehead atoms. The van der Waals surface area contributed by atoms with Crippen molar-refractivity contribution in [2.45, 2.75) is 12.8 Å². The summed E-state index contributed by atoms with van der Waals surface area (Å²) in [4.78, 5) is 20.3. The molecule has 0 aliphatic rings. The maximum atomic E-state index is 10.9. The smallest absolute Gasteiger partial charge is 0.315 e. The summed E-state index contributed by atoms with van der Waals surface area (Å²) < 4.78 is 0. The molecule has 1 aromatic heterocycles. The molecule has 1 aromatic carbocycles. The van der Waals surface area contributed by atoms with Crippen molar-refractivity contribution in [2.75, 3.05) is 13.1 Å². The SMILES string of the molecule is N#CCCNCCc1ccc(N=Nc2sc([N+](=O)[O-])cc2[N+](=O)[O-])cc1. The molecule has 0 fully saturated rings. The Morgan fingerprint density at radius 3 is 2.46 bits per heavy atom. The average Bonchev–Trinajstić information content (AvgIpc) is 3.06. The predicted molar refractivity (Wildman–Crippen MR) is 95.0 cm³/mol. The first-order valence-electron chi connectivity index (χ1n) is 7.52. The van der Waals surface area contributed by atoms with Crippen LogP contribution in [-0.4, -0.2) is 22.9 Å². The van der Waals surface area contributed by atoms with E-state index in [9.17, 15) is 20.2 Å². The Bertz CT molecular complexity index is 856. The largest absolute Gasteiger partial charge is 0.333 e. The summed E-state index contributed by atoms with van der Waals surface area (Å²) in [5.74, 6) is 0. The van der Waals surface area contributed by atoms with Crippen LogP contribution >= 0.6 is 11.3 Å². The molecule has 0 saturated heterocycles. The van der Waals surface area contributed by atoms with Crippen molar-refractivity contribution in [1.82, 2.24) is 5.32 Å². The van der Waals surface area contributed by atoms with Gasteiger partial charge in [0.15, 0.2) is 0 Å². The van der Waals surface area contributed by atoms with Gasteiger partial charge in [0, 0.05) is 13.0 Å². The first kappa shape index (κ1) is 19.1. The molecule has 134 valence electrons. The molecule has 1 heterocycles. The zero-order valence-electron chi connectivity index (χ0n) is 13.5. The van der Waals surface area contributed by atoms with Crippen LogP contribution < -0.4 is 5.32 Å². The van der Waals surface area contributed by atoms with Crippen molar-refractivity contribution in [2.24, 2.45) is 10.2 Å². The first-order valence-corrected chi connectivity index (χ1v) is 8.34. The standard InChI is InChI=1S/C15H14N6O4S/c16-7-1-8-17-9-6-11-2-4-12(5-3-11)18-19-15-13(20(22)23)10-14(26-15)21(24)25/h2-5,10,17H,1,6,8-9H2. The summed E-state index contributed by atoms with van der Waals surface area (Å²) in [6.45, 7) is 1.39. The fourth-order valence-electron chi connectivity index (χ4n) is 1.99. The number of rotatable bonds is 9. The summed E-state index contributed by atoms with van der Waals surface area (Å²) >= 11 is 0.604. The maximum Gasteiger partial charge on any atom is 0.333 e. The molecule has 1 N–H and O–H groups in total. The van der Waals surface area contributed by atoms with Crippen LogP contribution in [0.5, 0.6) is 0 Å². The number of nitrogens with zero attached hydrogens (tertiary/aromatic N) is 5. The van der Waals surface area contributed by atoms with Gasteiger partial charge < -0.3 is 5.32 Å². The monoisotopic (exact) mass is 374 g/mol. The van der Waals surface area contributed by atoms with E-state index in [4.69, 9.17) is 5.26 Å². The molecule has 0 spiro atoms. The van der Waals surface area contributed by atoms with E-state index in [1.165, 1.54) is 0 Å². The fraction of sp³-hybridized carbons (Fsp3) is 0.267. The van der Waals surface area contributed by atoms with Crippen molar-refractivity contribution in [1.29, 1.82) is 5.26 Å². The molecular weight excluding hydrogens is 360 g/mol. The number of azo groups is 1. The van der Waals surface area contributed by atoms with Crippen LogP contribution in [0.25, 0.3) is 0 Å². The maximum absolute atomic E-state index is 10.9. The lowest BCUT2D eigenvalue weighted by atomic mass is 10.1. The number of thiophene rings is 1. The van der Waals surface area contributed by atoms with Gasteiger partial charge in [0.05, 0.1) is 21.6 Å². The molecule has 0 amide bonds. The lowest BCUT2D eigenvalue weighted by Crippen LogP contribution is -2.17. The molecule has 10 nitrogen and oxygen atoms in total. The number of benzene rings is 1. The van der Waals surface area contributed by atoms with Gasteiger partial charge in [-0.1, -0.05) is 12.1 Å². The molecule has 0 aliphatic heterocycles. The van der Waals surface area contributed by atoms with Gasteiger partial charge in [0.25, 0.3) is 0 Å². The van der Waals surface area contributed by atoms with E-state index in [2.05, 4.69) is 21.6 Å². The second-order valence-corrected chi connectivity index (χ2v) is 6.07. The Morgan fingerprint density at radius 2 is 1.85 bits per heavy atom. The topological polar surface area (TPSA) is 147 Å². The third-order valence-corrected chi connectivity index (χ3v) is 4.21. The molecule has 26 heavy (non-hydrogen) atoms. The molecule has 2 aromatic rings. The lowest BCUT2D eigenvalue weighted by molar-refractivity contribution is -0.389. The zero-order chi connectivity index (χ0) is 18.9. The third-order valence-electron chi connectivity index (χ3n) is 3.25. The number of nitro groups is 2. The molecule has 0 saturated carbocycles. The van der Waals surface area contributed by atoms with E-state index < -0.39 is 15.5 Å². The van der Waals surface area contributed by atoms with E-state index in [0.29, 0.717) is 30.0 Å². The van der Waals surface area contributed by atoms with Gasteiger partial charge in [0.1, 0.15) is 6.07 Å². The summed E-state index contributed by atoms with van der Waals surface area (Å²) in [5.41, 5.74) is 1.10. The number of nitrogens with one attached hydrogen (secondary N) is 1. The minimum absolute atomic E-state index is 0.118. The average molecular weight is 374 g/mol. The van der Waals surface area contributed by atoms with Gasteiger partial charge in [-0.2, -0.15) is 5.26 Å². The van der Waals surface area contributed by atoms with Crippen LogP contribution in [0.2, 0.25) is 0 Å². The zero-order valence-corrected chi connectivity index (χ0v) is 14.3. The van der Waals surface area contributed by atoms with Crippen LogP contribution in [0.4, 0.5) is 21.4 Å². The van der Waals surface area contributed by atoms with Crippen LogP contribution in [0.15, 0.2) is 40.6 Å². The molecular formula is C15H14N6O4S. The Hall–Kier alpha value is -3.23. The first-order chi connectivity index (χ1) is 12.5. The second kappa shape index (κ2) is 9.30. The van der Waals surface area contributed by atoms with Crippen LogP contribution in [0.1, 0.15) is 12.0 Å². The van der Waals surface area contributed by atoms with Gasteiger partial charge >= 0.3 is 10.7 Å². The molecule has 0 aliphatic carbocycles. The third kappa shape index (κ3) is 5.40. The number of hydrogen-bond acceptors (Lipinski definition) is 9. The highest BCUT2D eigenvalue weighted by Crippen LogP contribution is 2.41. The van der Waals surface area contributed by atoms with E-state index in [0.717, 1.165) is 24.6 Å². The van der Waals surface area contributed by atoms with E-state index >= 15 is 0 Å². The van der Waals surface area contributed by atoms with Crippen molar-refractivity contribution in [3.8, 4) is 6.07 Å². The Kier molecular flexibility index (Phi) is 6.84. The minimum atomic E-state index is -0.722. The summed E-state index contributed by atoms with van der Waals surface area (Å²) in [5, 5.41) is 40.5. The predicted octanol–water partition coefficient (Wildman–Crippen LogP) is 4.03. The normalized spacial score (nSPS) is 10.7. The minimum Gasteiger partial charge on any atom is -0.315 e. The van der Waals surface area contributed by atoms with Gasteiger partial charge in [-0.05, 0) is 42.0 Å². The molecule has 0 atom stereocenters. The number of hydrogen-bond donors (Lipinski definition) is 1. The van der Waals surface area contributed by atoms with E-state index in [1.54, 1.807) is 12.1 Å². The summed E-state index contributed by atoms with van der Waals surface area (Å²) in [7, 11) is 0. The van der Waals surface area contributed by atoms with Crippen molar-refractivity contribution >= 4 is 32.7 Å². The van der Waals surface area contributed by atoms with Crippen molar-refractivity contribution in [3.63, 3.8) is 0 Å². The van der Waals surface area contributed by atoms with Crippen molar-refractivity contribution in [3.05, 3.63) is 56.1 Å². The Balaban J connectivity index is 2.01. The summed E-state index contributed by atoms with van der Waals surface area (Å²) in [6.07, 6.45) is 1.25. The van der Waals surface area contributed by atoms with E-state index in [-0.39, 0.29) is 10.0 Å². The molecule has 2 rings (SSSR count). The Labute approximate surface area is 152 Å². The van der Waals surface area contributed by atoms with Gasteiger partial charge in [-0.15, -0.1) is 10.2 Å². The molecule has 0 unspecified atom stereocenters. The molecule has 0 radical (unpaired) electrons. The van der Waals surface area contributed by atoms with Crippen LogP contribution in [0.3, 0.4) is 0 Å². The Morgan fingerprint density at radius 1 is 1.12 bits per heavy atom. The second-order valence-electron chi connectivity index (χ2n) is 5.06.